The molecule has 7 nitrogen and oxygen atoms in total. The van der Waals surface area contributed by atoms with E-state index in [0.29, 0.717) is 0 Å². The summed E-state index contributed by atoms with van der Waals surface area (Å²) in [5.74, 6) is 0.164. The molecule has 3 aromatic rings. The molecule has 0 aliphatic carbocycles. The number of hydrogen-bond donors (Lipinski definition) is 2. The van der Waals surface area contributed by atoms with Gasteiger partial charge in [0.05, 0.1) is 0 Å². The summed E-state index contributed by atoms with van der Waals surface area (Å²) in [5.41, 5.74) is 3.06. The predicted molar refractivity (Wildman–Crippen MR) is 69.4 cm³/mol. The van der Waals surface area contributed by atoms with Crippen LogP contribution in [-0.2, 0) is 0 Å². The zero-order valence-corrected chi connectivity index (χ0v) is 10.4. The number of nitrogens with one attached hydrogen (secondary N) is 2. The third-order valence-corrected chi connectivity index (χ3v) is 2.78. The van der Waals surface area contributed by atoms with Crippen molar-refractivity contribution >= 4 is 22.8 Å². The first kappa shape index (κ1) is 11.4. The normalized spacial score (nSPS) is 10.8. The predicted octanol–water partition coefficient (Wildman–Crippen LogP) is 1.67. The summed E-state index contributed by atoms with van der Waals surface area (Å²) in [6.45, 7) is 3.93. The van der Waals surface area contributed by atoms with Gasteiger partial charge in [-0.05, 0) is 41.4 Å². The first-order valence-corrected chi connectivity index (χ1v) is 5.70. The number of fused-ring (bicyclic) bond motifs is 1. The third kappa shape index (κ3) is 2.05. The lowest BCUT2D eigenvalue weighted by molar-refractivity contribution is 0.314. The molecule has 1 aromatic carbocycles. The van der Waals surface area contributed by atoms with E-state index in [0.717, 1.165) is 16.8 Å². The molecule has 3 rings (SSSR count). The zero-order valence-electron chi connectivity index (χ0n) is 10.4. The van der Waals surface area contributed by atoms with Gasteiger partial charge < -0.3 is 5.32 Å². The number of rotatable bonds is 2. The van der Waals surface area contributed by atoms with Gasteiger partial charge in [0.15, 0.2) is 5.82 Å². The summed E-state index contributed by atoms with van der Waals surface area (Å²) in [6, 6.07) is 5.92. The number of anilines is 2. The maximum Gasteiger partial charge on any atom is 0.292 e. The topological polar surface area (TPSA) is 96.7 Å². The molecule has 7 heteroatoms. The maximum absolute atomic E-state index is 11.8. The number of H-pyrrole nitrogens is 1. The number of aromatic nitrogens is 4. The summed E-state index contributed by atoms with van der Waals surface area (Å²) < 4.78 is 4.51. The fourth-order valence-electron chi connectivity index (χ4n) is 1.74. The molecule has 0 amide bonds. The Balaban J connectivity index is 2.07. The van der Waals surface area contributed by atoms with Crippen LogP contribution in [0.5, 0.6) is 0 Å². The second kappa shape index (κ2) is 4.20. The largest absolute Gasteiger partial charge is 0.335 e. The second-order valence-corrected chi connectivity index (χ2v) is 4.29. The van der Waals surface area contributed by atoms with Crippen LogP contribution >= 0.6 is 0 Å². The molecule has 2 heterocycles. The summed E-state index contributed by atoms with van der Waals surface area (Å²) in [6.07, 6.45) is 0. The van der Waals surface area contributed by atoms with E-state index in [1.54, 1.807) is 0 Å². The standard InChI is InChI=1S/C12H11N5O2/c1-6-3-4-7(2)8(5-6)13-11-12(18)15-10-9(14-11)16-19-17-10/h3-5H,1-2H3,(H,13,14,16)(H,15,17,18). The monoisotopic (exact) mass is 257 g/mol. The van der Waals surface area contributed by atoms with Gasteiger partial charge in [-0.3, -0.25) is 9.78 Å². The average Bonchev–Trinajstić information content (AvgIpc) is 2.81. The maximum atomic E-state index is 11.8. The van der Waals surface area contributed by atoms with E-state index in [1.165, 1.54) is 0 Å². The first-order chi connectivity index (χ1) is 9.13. The molecule has 0 aliphatic rings. The molecule has 0 unspecified atom stereocenters. The van der Waals surface area contributed by atoms with Crippen LogP contribution < -0.4 is 10.9 Å². The van der Waals surface area contributed by atoms with E-state index in [-0.39, 0.29) is 22.7 Å². The lowest BCUT2D eigenvalue weighted by Crippen LogP contribution is -2.14. The Labute approximate surface area is 107 Å². The minimum Gasteiger partial charge on any atom is -0.335 e. The molecule has 0 spiro atoms. The van der Waals surface area contributed by atoms with E-state index < -0.39 is 0 Å². The highest BCUT2D eigenvalue weighted by atomic mass is 16.6. The smallest absolute Gasteiger partial charge is 0.292 e. The van der Waals surface area contributed by atoms with Crippen LogP contribution in [0.15, 0.2) is 27.6 Å². The van der Waals surface area contributed by atoms with Gasteiger partial charge in [0.25, 0.3) is 5.56 Å². The van der Waals surface area contributed by atoms with Crippen LogP contribution in [0, 0.1) is 13.8 Å². The van der Waals surface area contributed by atoms with Crippen molar-refractivity contribution in [3.8, 4) is 0 Å². The molecular formula is C12H11N5O2. The summed E-state index contributed by atoms with van der Waals surface area (Å²) >= 11 is 0. The van der Waals surface area contributed by atoms with Crippen LogP contribution in [0.4, 0.5) is 11.5 Å². The van der Waals surface area contributed by atoms with E-state index in [2.05, 4.69) is 30.2 Å². The fraction of sp³-hybridized carbons (Fsp3) is 0.167. The third-order valence-electron chi connectivity index (χ3n) is 2.78. The molecule has 96 valence electrons. The van der Waals surface area contributed by atoms with Crippen molar-refractivity contribution < 1.29 is 4.63 Å². The number of hydrogen-bond acceptors (Lipinski definition) is 6. The summed E-state index contributed by atoms with van der Waals surface area (Å²) in [7, 11) is 0. The first-order valence-electron chi connectivity index (χ1n) is 5.70. The van der Waals surface area contributed by atoms with Gasteiger partial charge in [0, 0.05) is 5.69 Å². The zero-order chi connectivity index (χ0) is 13.4. The van der Waals surface area contributed by atoms with Crippen LogP contribution in [0.3, 0.4) is 0 Å². The minimum atomic E-state index is -0.371. The van der Waals surface area contributed by atoms with Crippen molar-refractivity contribution in [2.24, 2.45) is 0 Å². The molecule has 0 radical (unpaired) electrons. The molecule has 0 atom stereocenters. The van der Waals surface area contributed by atoms with Gasteiger partial charge in [-0.15, -0.1) is 0 Å². The lowest BCUT2D eigenvalue weighted by Gasteiger charge is -2.08. The molecule has 2 aromatic heterocycles. The molecular weight excluding hydrogens is 246 g/mol. The van der Waals surface area contributed by atoms with E-state index >= 15 is 0 Å². The van der Waals surface area contributed by atoms with Crippen molar-refractivity contribution in [1.82, 2.24) is 20.3 Å². The number of aromatic amines is 1. The molecule has 2 N–H and O–H groups in total. The van der Waals surface area contributed by atoms with Gasteiger partial charge in [-0.1, -0.05) is 12.1 Å². The van der Waals surface area contributed by atoms with Crippen molar-refractivity contribution in [2.45, 2.75) is 13.8 Å². The van der Waals surface area contributed by atoms with Crippen molar-refractivity contribution in [3.05, 3.63) is 39.7 Å². The van der Waals surface area contributed by atoms with E-state index in [1.807, 2.05) is 32.0 Å². The van der Waals surface area contributed by atoms with E-state index in [9.17, 15) is 4.79 Å². The van der Waals surface area contributed by atoms with Gasteiger partial charge in [-0.2, -0.15) is 4.98 Å². The highest BCUT2D eigenvalue weighted by Gasteiger charge is 2.09. The Morgan fingerprint density at radius 3 is 2.95 bits per heavy atom. The Morgan fingerprint density at radius 1 is 1.26 bits per heavy atom. The lowest BCUT2D eigenvalue weighted by atomic mass is 10.1. The SMILES string of the molecule is Cc1ccc(C)c(Nc2nc3nonc3[nH]c2=O)c1. The van der Waals surface area contributed by atoms with Gasteiger partial charge in [-0.25, -0.2) is 4.63 Å². The van der Waals surface area contributed by atoms with Crippen LogP contribution in [0.1, 0.15) is 11.1 Å². The Hall–Kier alpha value is -2.70. The van der Waals surface area contributed by atoms with Crippen molar-refractivity contribution in [3.63, 3.8) is 0 Å². The number of benzene rings is 1. The van der Waals surface area contributed by atoms with Gasteiger partial charge in [0.2, 0.25) is 11.3 Å². The van der Waals surface area contributed by atoms with Crippen molar-refractivity contribution in [2.75, 3.05) is 5.32 Å². The van der Waals surface area contributed by atoms with Crippen LogP contribution in [-0.4, -0.2) is 20.3 Å². The Bertz CT molecular complexity index is 805. The molecule has 0 saturated heterocycles. The summed E-state index contributed by atoms with van der Waals surface area (Å²) in [4.78, 5) is 18.5. The Kier molecular flexibility index (Phi) is 2.52. The fourth-order valence-corrected chi connectivity index (χ4v) is 1.74. The molecule has 0 aliphatic heterocycles. The molecule has 0 bridgehead atoms. The van der Waals surface area contributed by atoms with Gasteiger partial charge >= 0.3 is 0 Å². The van der Waals surface area contributed by atoms with Gasteiger partial charge in [0.1, 0.15) is 0 Å². The number of nitrogens with zero attached hydrogens (tertiary/aromatic N) is 3. The summed E-state index contributed by atoms with van der Waals surface area (Å²) in [5, 5.41) is 10.1. The van der Waals surface area contributed by atoms with Crippen LogP contribution in [0.2, 0.25) is 0 Å². The van der Waals surface area contributed by atoms with Crippen LogP contribution in [0.25, 0.3) is 11.3 Å². The highest BCUT2D eigenvalue weighted by Crippen LogP contribution is 2.19. The molecule has 0 fully saturated rings. The Morgan fingerprint density at radius 2 is 2.11 bits per heavy atom. The minimum absolute atomic E-state index is 0.164. The molecule has 0 saturated carbocycles. The second-order valence-electron chi connectivity index (χ2n) is 4.29. The van der Waals surface area contributed by atoms with E-state index in [4.69, 9.17) is 0 Å². The number of aryl methyl sites for hydroxylation is 2. The molecule has 19 heavy (non-hydrogen) atoms. The quantitative estimate of drug-likeness (QED) is 0.724. The highest BCUT2D eigenvalue weighted by molar-refractivity contribution is 5.68. The van der Waals surface area contributed by atoms with Crippen molar-refractivity contribution in [1.29, 1.82) is 0 Å². The average molecular weight is 257 g/mol.